The average Bonchev–Trinajstić information content (AvgIpc) is 3.03. The lowest BCUT2D eigenvalue weighted by molar-refractivity contribution is 0.475. The van der Waals surface area contributed by atoms with E-state index in [1.807, 2.05) is 0 Å². The number of rotatable bonds is 3. The highest BCUT2D eigenvalue weighted by Crippen LogP contribution is 2.39. The predicted molar refractivity (Wildman–Crippen MR) is 109 cm³/mol. The van der Waals surface area contributed by atoms with E-state index in [2.05, 4.69) is 52.7 Å². The van der Waals surface area contributed by atoms with Crippen LogP contribution in [0.3, 0.4) is 0 Å². The molecule has 6 heteroatoms. The average molecular weight is 382 g/mol. The molecule has 0 saturated carbocycles. The molecule has 2 aromatic carbocycles. The van der Waals surface area contributed by atoms with E-state index in [4.69, 9.17) is 11.6 Å². The number of benzene rings is 2. The molecule has 26 heavy (non-hydrogen) atoms. The molecular formula is C20H16ClN3OS. The Morgan fingerprint density at radius 2 is 1.77 bits per heavy atom. The van der Waals surface area contributed by atoms with Gasteiger partial charge in [-0.05, 0) is 66.4 Å². The Kier molecular flexibility index (Phi) is 4.26. The van der Waals surface area contributed by atoms with Crippen LogP contribution in [0.1, 0.15) is 11.1 Å². The smallest absolute Gasteiger partial charge is 0.225 e. The number of nitrogens with one attached hydrogen (secondary N) is 1. The fourth-order valence-electron chi connectivity index (χ4n) is 2.81. The third-order valence-corrected chi connectivity index (χ3v) is 5.40. The minimum Gasteiger partial charge on any atom is -0.508 e. The molecule has 0 saturated heterocycles. The molecule has 0 amide bonds. The first-order chi connectivity index (χ1) is 12.5. The van der Waals surface area contributed by atoms with E-state index in [-0.39, 0.29) is 11.0 Å². The zero-order valence-corrected chi connectivity index (χ0v) is 15.8. The molecule has 2 aromatic heterocycles. The summed E-state index contributed by atoms with van der Waals surface area (Å²) in [5, 5.41) is 16.0. The number of nitrogens with zero attached hydrogens (tertiary/aromatic N) is 2. The Balaban J connectivity index is 1.87. The number of phenolic OH excluding ortho intramolecular Hbond substituents is 1. The first-order valence-corrected chi connectivity index (χ1v) is 9.35. The Morgan fingerprint density at radius 3 is 2.50 bits per heavy atom. The van der Waals surface area contributed by atoms with Crippen LogP contribution in [0, 0.1) is 13.8 Å². The van der Waals surface area contributed by atoms with Crippen molar-refractivity contribution in [2.75, 3.05) is 5.32 Å². The topological polar surface area (TPSA) is 58.0 Å². The second-order valence-electron chi connectivity index (χ2n) is 6.14. The molecule has 0 aliphatic carbocycles. The van der Waals surface area contributed by atoms with Crippen LogP contribution >= 0.6 is 22.9 Å². The van der Waals surface area contributed by atoms with Crippen LogP contribution in [0.25, 0.3) is 21.3 Å². The van der Waals surface area contributed by atoms with E-state index in [1.165, 1.54) is 11.1 Å². The summed E-state index contributed by atoms with van der Waals surface area (Å²) >= 11 is 7.67. The predicted octanol–water partition coefficient (Wildman–Crippen LogP) is 6.08. The van der Waals surface area contributed by atoms with Crippen molar-refractivity contribution >= 4 is 44.7 Å². The molecule has 2 heterocycles. The lowest BCUT2D eigenvalue weighted by Gasteiger charge is -2.10. The van der Waals surface area contributed by atoms with Crippen LogP contribution in [-0.2, 0) is 0 Å². The second-order valence-corrected chi connectivity index (χ2v) is 7.34. The molecule has 0 spiro atoms. The number of phenols is 1. The van der Waals surface area contributed by atoms with Gasteiger partial charge in [-0.15, -0.1) is 11.3 Å². The van der Waals surface area contributed by atoms with Gasteiger partial charge in [0.15, 0.2) is 0 Å². The van der Waals surface area contributed by atoms with Crippen LogP contribution in [-0.4, -0.2) is 15.1 Å². The van der Waals surface area contributed by atoms with Crippen LogP contribution in [0.15, 0.2) is 47.8 Å². The number of anilines is 2. The maximum atomic E-state index is 9.47. The SMILES string of the molecule is Cc1ccc(-c2csc3nc(Cl)nc(Nc4ccc(O)cc4)c23)cc1C. The highest BCUT2D eigenvalue weighted by atomic mass is 35.5. The monoisotopic (exact) mass is 381 g/mol. The van der Waals surface area contributed by atoms with Crippen LogP contribution in [0.4, 0.5) is 11.5 Å². The second kappa shape index (κ2) is 6.59. The number of thiophene rings is 1. The number of halogens is 1. The number of fused-ring (bicyclic) bond motifs is 1. The number of aryl methyl sites for hydroxylation is 2. The minimum atomic E-state index is 0.201. The molecule has 4 rings (SSSR count). The van der Waals surface area contributed by atoms with Gasteiger partial charge in [-0.2, -0.15) is 4.98 Å². The number of aromatic nitrogens is 2. The zero-order valence-electron chi connectivity index (χ0n) is 14.2. The summed E-state index contributed by atoms with van der Waals surface area (Å²) in [7, 11) is 0. The highest BCUT2D eigenvalue weighted by molar-refractivity contribution is 7.17. The van der Waals surface area contributed by atoms with Crippen molar-refractivity contribution in [3.8, 4) is 16.9 Å². The first kappa shape index (κ1) is 16.8. The van der Waals surface area contributed by atoms with Gasteiger partial charge in [0.05, 0.1) is 5.39 Å². The largest absolute Gasteiger partial charge is 0.508 e. The van der Waals surface area contributed by atoms with Gasteiger partial charge in [-0.25, -0.2) is 4.98 Å². The van der Waals surface area contributed by atoms with Crippen LogP contribution in [0.2, 0.25) is 5.28 Å². The van der Waals surface area contributed by atoms with E-state index in [0.717, 1.165) is 27.0 Å². The third-order valence-electron chi connectivity index (χ3n) is 4.35. The molecule has 0 unspecified atom stereocenters. The van der Waals surface area contributed by atoms with Gasteiger partial charge in [-0.3, -0.25) is 0 Å². The molecule has 130 valence electrons. The Hall–Kier alpha value is -2.63. The van der Waals surface area contributed by atoms with Crippen molar-refractivity contribution < 1.29 is 5.11 Å². The summed E-state index contributed by atoms with van der Waals surface area (Å²) in [6, 6.07) is 13.2. The molecule has 0 radical (unpaired) electrons. The highest BCUT2D eigenvalue weighted by Gasteiger charge is 2.15. The quantitative estimate of drug-likeness (QED) is 0.333. The van der Waals surface area contributed by atoms with Gasteiger partial charge >= 0.3 is 0 Å². The molecule has 0 bridgehead atoms. The van der Waals surface area contributed by atoms with Crippen molar-refractivity contribution in [2.45, 2.75) is 13.8 Å². The molecule has 4 aromatic rings. The number of aromatic hydroxyl groups is 1. The van der Waals surface area contributed by atoms with Crippen molar-refractivity contribution in [1.29, 1.82) is 0 Å². The summed E-state index contributed by atoms with van der Waals surface area (Å²) in [6.07, 6.45) is 0. The zero-order chi connectivity index (χ0) is 18.3. The summed E-state index contributed by atoms with van der Waals surface area (Å²) in [6.45, 7) is 4.21. The van der Waals surface area contributed by atoms with Gasteiger partial charge in [0.1, 0.15) is 16.4 Å². The molecule has 2 N–H and O–H groups in total. The van der Waals surface area contributed by atoms with Gasteiger partial charge < -0.3 is 10.4 Å². The van der Waals surface area contributed by atoms with Gasteiger partial charge in [-0.1, -0.05) is 18.2 Å². The number of hydrogen-bond donors (Lipinski definition) is 2. The molecule has 0 atom stereocenters. The van der Waals surface area contributed by atoms with Crippen molar-refractivity contribution in [3.05, 3.63) is 64.3 Å². The Bertz CT molecular complexity index is 1110. The van der Waals surface area contributed by atoms with Crippen molar-refractivity contribution in [1.82, 2.24) is 9.97 Å². The van der Waals surface area contributed by atoms with E-state index in [1.54, 1.807) is 35.6 Å². The van der Waals surface area contributed by atoms with E-state index in [0.29, 0.717) is 5.82 Å². The van der Waals surface area contributed by atoms with Gasteiger partial charge in [0, 0.05) is 16.6 Å². The van der Waals surface area contributed by atoms with E-state index in [9.17, 15) is 5.11 Å². The summed E-state index contributed by atoms with van der Waals surface area (Å²) in [5.74, 6) is 0.868. The molecule has 4 nitrogen and oxygen atoms in total. The lowest BCUT2D eigenvalue weighted by atomic mass is 10.0. The van der Waals surface area contributed by atoms with E-state index >= 15 is 0 Å². The maximum Gasteiger partial charge on any atom is 0.225 e. The standard InChI is InChI=1S/C20H16ClN3OS/c1-11-3-4-13(9-12(11)2)16-10-26-19-17(16)18(23-20(21)24-19)22-14-5-7-15(25)8-6-14/h3-10,25H,1-2H3,(H,22,23,24). The van der Waals surface area contributed by atoms with Crippen LogP contribution < -0.4 is 5.32 Å². The van der Waals surface area contributed by atoms with Gasteiger partial charge in [0.2, 0.25) is 5.28 Å². The van der Waals surface area contributed by atoms with Gasteiger partial charge in [0.25, 0.3) is 0 Å². The van der Waals surface area contributed by atoms with E-state index < -0.39 is 0 Å². The molecule has 0 fully saturated rings. The fourth-order valence-corrected chi connectivity index (χ4v) is 3.98. The van der Waals surface area contributed by atoms with Crippen molar-refractivity contribution in [2.24, 2.45) is 0 Å². The first-order valence-electron chi connectivity index (χ1n) is 8.09. The summed E-state index contributed by atoms with van der Waals surface area (Å²) in [4.78, 5) is 9.61. The Labute approximate surface area is 160 Å². The molecular weight excluding hydrogens is 366 g/mol. The minimum absolute atomic E-state index is 0.201. The molecule has 0 aliphatic rings. The summed E-state index contributed by atoms with van der Waals surface area (Å²) in [5.41, 5.74) is 5.51. The van der Waals surface area contributed by atoms with Crippen molar-refractivity contribution in [3.63, 3.8) is 0 Å². The lowest BCUT2D eigenvalue weighted by Crippen LogP contribution is -1.96. The fraction of sp³-hybridized carbons (Fsp3) is 0.100. The normalized spacial score (nSPS) is 11.0. The van der Waals surface area contributed by atoms with Crippen LogP contribution in [0.5, 0.6) is 5.75 Å². The third kappa shape index (κ3) is 3.11. The maximum absolute atomic E-state index is 9.47. The molecule has 0 aliphatic heterocycles. The number of hydrogen-bond acceptors (Lipinski definition) is 5. The summed E-state index contributed by atoms with van der Waals surface area (Å²) < 4.78 is 0. The Morgan fingerprint density at radius 1 is 1.00 bits per heavy atom.